The van der Waals surface area contributed by atoms with Gasteiger partial charge in [-0.25, -0.2) is 0 Å². The molecule has 0 unspecified atom stereocenters. The average Bonchev–Trinajstić information content (AvgIpc) is 2.90. The van der Waals surface area contributed by atoms with Gasteiger partial charge >= 0.3 is 0 Å². The molecule has 0 spiro atoms. The summed E-state index contributed by atoms with van der Waals surface area (Å²) in [5, 5.41) is 0. The molecule has 0 radical (unpaired) electrons. The highest BCUT2D eigenvalue weighted by atomic mass is 16.2. The van der Waals surface area contributed by atoms with Crippen LogP contribution in [0.4, 0.5) is 0 Å². The fraction of sp³-hybridized carbons (Fsp3) is 0.538. The molecule has 0 aromatic carbocycles. The molecule has 0 aliphatic heterocycles. The van der Waals surface area contributed by atoms with Gasteiger partial charge < -0.3 is 15.6 Å². The summed E-state index contributed by atoms with van der Waals surface area (Å²) in [4.78, 5) is 27.8. The van der Waals surface area contributed by atoms with Crippen LogP contribution in [0.15, 0.2) is 23.1 Å². The highest BCUT2D eigenvalue weighted by Gasteiger charge is 2.26. The van der Waals surface area contributed by atoms with Crippen LogP contribution in [0.3, 0.4) is 0 Å². The van der Waals surface area contributed by atoms with Gasteiger partial charge in [-0.05, 0) is 18.9 Å². The number of aromatic nitrogens is 1. The van der Waals surface area contributed by atoms with Gasteiger partial charge in [-0.1, -0.05) is 12.8 Å². The van der Waals surface area contributed by atoms with Crippen molar-refractivity contribution in [3.05, 3.63) is 34.2 Å². The van der Waals surface area contributed by atoms with Crippen molar-refractivity contribution in [2.24, 2.45) is 5.73 Å². The van der Waals surface area contributed by atoms with Crippen LogP contribution < -0.4 is 11.3 Å². The van der Waals surface area contributed by atoms with Gasteiger partial charge in [0.05, 0.1) is 5.56 Å². The molecule has 1 amide bonds. The number of rotatable bonds is 4. The normalized spacial score (nSPS) is 15.8. The first kappa shape index (κ1) is 12.8. The van der Waals surface area contributed by atoms with E-state index < -0.39 is 0 Å². The van der Waals surface area contributed by atoms with Crippen LogP contribution >= 0.6 is 0 Å². The second kappa shape index (κ2) is 5.82. The second-order valence-electron chi connectivity index (χ2n) is 4.67. The Labute approximate surface area is 106 Å². The molecular formula is C13H19N3O2. The molecule has 5 heteroatoms. The van der Waals surface area contributed by atoms with Crippen molar-refractivity contribution in [1.29, 1.82) is 0 Å². The Kier molecular flexibility index (Phi) is 4.15. The van der Waals surface area contributed by atoms with E-state index >= 15 is 0 Å². The first-order valence-corrected chi connectivity index (χ1v) is 6.42. The van der Waals surface area contributed by atoms with E-state index in [0.29, 0.717) is 24.7 Å². The van der Waals surface area contributed by atoms with E-state index in [1.807, 2.05) is 4.90 Å². The Morgan fingerprint density at radius 3 is 2.67 bits per heavy atom. The summed E-state index contributed by atoms with van der Waals surface area (Å²) in [6.45, 7) is 1.04. The van der Waals surface area contributed by atoms with E-state index in [9.17, 15) is 9.59 Å². The number of hydrogen-bond donors (Lipinski definition) is 2. The number of hydrogen-bond acceptors (Lipinski definition) is 3. The highest BCUT2D eigenvalue weighted by molar-refractivity contribution is 5.94. The third-order valence-corrected chi connectivity index (χ3v) is 3.43. The lowest BCUT2D eigenvalue weighted by atomic mass is 10.1. The third kappa shape index (κ3) is 2.79. The fourth-order valence-corrected chi connectivity index (χ4v) is 2.51. The largest absolute Gasteiger partial charge is 0.334 e. The minimum atomic E-state index is -0.196. The molecule has 1 aromatic rings. The standard InChI is InChI=1S/C13H19N3O2/c14-7-8-16(11-3-1-2-4-11)13(18)10-5-6-12(17)15-9-10/h5-6,9,11H,1-4,7-8,14H2,(H,15,17). The zero-order chi connectivity index (χ0) is 13.0. The van der Waals surface area contributed by atoms with E-state index in [2.05, 4.69) is 4.98 Å². The number of aromatic amines is 1. The van der Waals surface area contributed by atoms with Gasteiger partial charge in [-0.15, -0.1) is 0 Å². The Balaban J connectivity index is 2.16. The van der Waals surface area contributed by atoms with E-state index in [1.54, 1.807) is 6.07 Å². The second-order valence-corrected chi connectivity index (χ2v) is 4.67. The number of nitrogens with one attached hydrogen (secondary N) is 1. The fourth-order valence-electron chi connectivity index (χ4n) is 2.51. The number of pyridine rings is 1. The monoisotopic (exact) mass is 249 g/mol. The van der Waals surface area contributed by atoms with Crippen LogP contribution in [0.2, 0.25) is 0 Å². The Morgan fingerprint density at radius 1 is 1.39 bits per heavy atom. The molecule has 0 atom stereocenters. The molecule has 3 N–H and O–H groups in total. The van der Waals surface area contributed by atoms with Crippen molar-refractivity contribution in [2.75, 3.05) is 13.1 Å². The molecule has 1 aromatic heterocycles. The molecule has 0 saturated heterocycles. The van der Waals surface area contributed by atoms with Crippen LogP contribution in [0.5, 0.6) is 0 Å². The van der Waals surface area contributed by atoms with Crippen molar-refractivity contribution < 1.29 is 4.79 Å². The van der Waals surface area contributed by atoms with Crippen LogP contribution in [0.25, 0.3) is 0 Å². The van der Waals surface area contributed by atoms with Gasteiger partial charge in [-0.2, -0.15) is 0 Å². The number of carbonyl (C=O) groups excluding carboxylic acids is 1. The van der Waals surface area contributed by atoms with Crippen molar-refractivity contribution >= 4 is 5.91 Å². The van der Waals surface area contributed by atoms with Crippen LogP contribution in [0, 0.1) is 0 Å². The van der Waals surface area contributed by atoms with Crippen LogP contribution in [-0.4, -0.2) is 34.9 Å². The molecular weight excluding hydrogens is 230 g/mol. The Hall–Kier alpha value is -1.62. The van der Waals surface area contributed by atoms with Gasteiger partial charge in [-0.3, -0.25) is 9.59 Å². The molecule has 1 aliphatic carbocycles. The van der Waals surface area contributed by atoms with Crippen molar-refractivity contribution in [3.8, 4) is 0 Å². The number of carbonyl (C=O) groups is 1. The smallest absolute Gasteiger partial charge is 0.255 e. The summed E-state index contributed by atoms with van der Waals surface area (Å²) in [6.07, 6.45) is 5.92. The van der Waals surface area contributed by atoms with Gasteiger partial charge in [0.25, 0.3) is 5.91 Å². The molecule has 1 aliphatic rings. The van der Waals surface area contributed by atoms with Gasteiger partial charge in [0, 0.05) is 31.4 Å². The first-order valence-electron chi connectivity index (χ1n) is 6.42. The summed E-state index contributed by atoms with van der Waals surface area (Å²) in [7, 11) is 0. The van der Waals surface area contributed by atoms with E-state index in [4.69, 9.17) is 5.73 Å². The maximum absolute atomic E-state index is 12.4. The summed E-state index contributed by atoms with van der Waals surface area (Å²) >= 11 is 0. The molecule has 1 saturated carbocycles. The minimum absolute atomic E-state index is 0.0383. The zero-order valence-corrected chi connectivity index (χ0v) is 10.4. The lowest BCUT2D eigenvalue weighted by Gasteiger charge is -2.28. The van der Waals surface area contributed by atoms with Gasteiger partial charge in [0.15, 0.2) is 0 Å². The van der Waals surface area contributed by atoms with Crippen molar-refractivity contribution in [1.82, 2.24) is 9.88 Å². The molecule has 18 heavy (non-hydrogen) atoms. The average molecular weight is 249 g/mol. The summed E-state index contributed by atoms with van der Waals surface area (Å²) in [5.41, 5.74) is 5.91. The molecule has 0 bridgehead atoms. The number of H-pyrrole nitrogens is 1. The Morgan fingerprint density at radius 2 is 2.11 bits per heavy atom. The predicted molar refractivity (Wildman–Crippen MR) is 69.4 cm³/mol. The van der Waals surface area contributed by atoms with E-state index in [-0.39, 0.29) is 11.5 Å². The lowest BCUT2D eigenvalue weighted by molar-refractivity contribution is 0.0687. The lowest BCUT2D eigenvalue weighted by Crippen LogP contribution is -2.42. The van der Waals surface area contributed by atoms with Crippen molar-refractivity contribution in [3.63, 3.8) is 0 Å². The maximum Gasteiger partial charge on any atom is 0.255 e. The maximum atomic E-state index is 12.4. The number of nitrogens with zero attached hydrogens (tertiary/aromatic N) is 1. The first-order chi connectivity index (χ1) is 8.72. The summed E-state index contributed by atoms with van der Waals surface area (Å²) in [6, 6.07) is 3.25. The van der Waals surface area contributed by atoms with Gasteiger partial charge in [0.1, 0.15) is 0 Å². The Bertz CT molecular complexity index is 443. The highest BCUT2D eigenvalue weighted by Crippen LogP contribution is 2.24. The number of nitrogens with two attached hydrogens (primary N) is 1. The topological polar surface area (TPSA) is 79.2 Å². The molecule has 1 heterocycles. The SMILES string of the molecule is NCCN(C(=O)c1ccc(=O)[nH]c1)C1CCCC1. The zero-order valence-electron chi connectivity index (χ0n) is 10.4. The predicted octanol–water partition coefficient (Wildman–Crippen LogP) is 0.718. The van der Waals surface area contributed by atoms with E-state index in [1.165, 1.54) is 25.1 Å². The quantitative estimate of drug-likeness (QED) is 0.825. The molecule has 1 fully saturated rings. The molecule has 98 valence electrons. The summed E-state index contributed by atoms with van der Waals surface area (Å²) in [5.74, 6) is -0.0383. The van der Waals surface area contributed by atoms with Crippen LogP contribution in [0.1, 0.15) is 36.0 Å². The van der Waals surface area contributed by atoms with Crippen LogP contribution in [-0.2, 0) is 0 Å². The van der Waals surface area contributed by atoms with Crippen molar-refractivity contribution in [2.45, 2.75) is 31.7 Å². The molecule has 5 nitrogen and oxygen atoms in total. The van der Waals surface area contributed by atoms with Gasteiger partial charge in [0.2, 0.25) is 5.56 Å². The molecule has 2 rings (SSSR count). The minimum Gasteiger partial charge on any atom is -0.334 e. The summed E-state index contributed by atoms with van der Waals surface area (Å²) < 4.78 is 0. The number of amides is 1. The van der Waals surface area contributed by atoms with E-state index in [0.717, 1.165) is 12.8 Å². The third-order valence-electron chi connectivity index (χ3n) is 3.43.